The summed E-state index contributed by atoms with van der Waals surface area (Å²) >= 11 is 0.810. The zero-order chi connectivity index (χ0) is 8.69. The number of hydrogen-bond acceptors (Lipinski definition) is 3. The summed E-state index contributed by atoms with van der Waals surface area (Å²) in [5.41, 5.74) is 0. The zero-order valence-corrected chi connectivity index (χ0v) is 13.0. The van der Waals surface area contributed by atoms with Gasteiger partial charge < -0.3 is 15.3 Å². The van der Waals surface area contributed by atoms with Gasteiger partial charge in [-0.1, -0.05) is 0 Å². The second kappa shape index (κ2) is 9.19. The van der Waals surface area contributed by atoms with Gasteiger partial charge in [0.25, 0.3) is 0 Å². The average molecular weight is 448 g/mol. The molecule has 0 radical (unpaired) electrons. The Balaban J connectivity index is 0. The summed E-state index contributed by atoms with van der Waals surface area (Å²) in [6.45, 7) is 0. The maximum atomic E-state index is 8.25. The molecule has 0 bridgehead atoms. The molecule has 0 spiro atoms. The summed E-state index contributed by atoms with van der Waals surface area (Å²) in [6, 6.07) is 10.6. The molecule has 0 unspecified atom stereocenters. The van der Waals surface area contributed by atoms with Gasteiger partial charge in [0.2, 0.25) is 0 Å². The number of benzene rings is 1. The van der Waals surface area contributed by atoms with Crippen molar-refractivity contribution in [2.24, 2.45) is 0 Å². The molecule has 0 heterocycles. The summed E-state index contributed by atoms with van der Waals surface area (Å²) in [7, 11) is 0. The van der Waals surface area contributed by atoms with Gasteiger partial charge in [-0.3, -0.25) is 0 Å². The SMILES string of the molecule is O=[N+]([O-])[O-].[Ag+].[Hg][c]1ccccc1. The Labute approximate surface area is 102 Å². The molecule has 1 aromatic rings. The van der Waals surface area contributed by atoms with Crippen LogP contribution in [-0.2, 0) is 48.5 Å². The van der Waals surface area contributed by atoms with Crippen molar-refractivity contribution < 1.29 is 53.6 Å². The first-order valence-corrected chi connectivity index (χ1v) is 5.56. The van der Waals surface area contributed by atoms with E-state index in [1.54, 1.807) is 0 Å². The summed E-state index contributed by atoms with van der Waals surface area (Å²) in [4.78, 5) is 8.25. The van der Waals surface area contributed by atoms with Crippen molar-refractivity contribution in [3.8, 4) is 0 Å². The second-order valence-electron chi connectivity index (χ2n) is 1.71. The van der Waals surface area contributed by atoms with Crippen LogP contribution in [-0.4, -0.2) is 5.09 Å². The van der Waals surface area contributed by atoms with Crippen molar-refractivity contribution in [1.29, 1.82) is 0 Å². The predicted molar refractivity (Wildman–Crippen MR) is 36.4 cm³/mol. The van der Waals surface area contributed by atoms with E-state index in [1.807, 2.05) is 0 Å². The molecule has 0 aliphatic heterocycles. The Kier molecular flexibility index (Phi) is 11.2. The Morgan fingerprint density at radius 3 is 1.67 bits per heavy atom. The van der Waals surface area contributed by atoms with Crippen molar-refractivity contribution in [3.63, 3.8) is 0 Å². The molecule has 0 N–H and O–H groups in total. The van der Waals surface area contributed by atoms with E-state index >= 15 is 0 Å². The summed E-state index contributed by atoms with van der Waals surface area (Å²) in [6.07, 6.45) is 0. The topological polar surface area (TPSA) is 66.2 Å². The summed E-state index contributed by atoms with van der Waals surface area (Å²) < 4.78 is 1.52. The van der Waals surface area contributed by atoms with Crippen LogP contribution in [0, 0.1) is 15.3 Å². The average Bonchev–Trinajstić information content (AvgIpc) is 1.87. The predicted octanol–water partition coefficient (Wildman–Crippen LogP) is 0.617. The van der Waals surface area contributed by atoms with Gasteiger partial charge in [0.05, 0.1) is 5.09 Å². The Morgan fingerprint density at radius 1 is 1.17 bits per heavy atom. The molecule has 65 valence electrons. The van der Waals surface area contributed by atoms with Crippen molar-refractivity contribution in [2.45, 2.75) is 0 Å². The minimum absolute atomic E-state index is 0. The molecule has 0 saturated heterocycles. The fourth-order valence-electron chi connectivity index (χ4n) is 0.478. The minimum atomic E-state index is -1.75. The molecule has 1 rings (SSSR count). The second-order valence-corrected chi connectivity index (χ2v) is 4.88. The van der Waals surface area contributed by atoms with Crippen LogP contribution in [0.15, 0.2) is 30.3 Å². The van der Waals surface area contributed by atoms with Gasteiger partial charge in [-0.05, 0) is 0 Å². The molecular weight excluding hydrogens is 443 g/mol. The van der Waals surface area contributed by atoms with Crippen LogP contribution < -0.4 is 3.07 Å². The Morgan fingerprint density at radius 2 is 1.50 bits per heavy atom. The van der Waals surface area contributed by atoms with E-state index in [4.69, 9.17) is 15.3 Å². The van der Waals surface area contributed by atoms with Gasteiger partial charge in [0.1, 0.15) is 0 Å². The van der Waals surface area contributed by atoms with Crippen molar-refractivity contribution >= 4 is 3.07 Å². The van der Waals surface area contributed by atoms with Gasteiger partial charge >= 0.3 is 81.9 Å². The monoisotopic (exact) mass is 448 g/mol. The van der Waals surface area contributed by atoms with Gasteiger partial charge in [-0.15, -0.1) is 0 Å². The van der Waals surface area contributed by atoms with Crippen LogP contribution in [0.25, 0.3) is 0 Å². The molecule has 0 atom stereocenters. The van der Waals surface area contributed by atoms with E-state index in [0.29, 0.717) is 0 Å². The maximum absolute atomic E-state index is 8.25. The van der Waals surface area contributed by atoms with E-state index in [1.165, 1.54) is 3.07 Å². The molecular formula is C6H5AgHgNO3. The van der Waals surface area contributed by atoms with Crippen LogP contribution in [0.2, 0.25) is 0 Å². The third-order valence-electron chi connectivity index (χ3n) is 0.843. The van der Waals surface area contributed by atoms with E-state index in [0.717, 1.165) is 26.1 Å². The summed E-state index contributed by atoms with van der Waals surface area (Å²) in [5.74, 6) is 0. The molecule has 6 heteroatoms. The van der Waals surface area contributed by atoms with Crippen LogP contribution >= 0.6 is 0 Å². The number of nitrogens with zero attached hydrogens (tertiary/aromatic N) is 1. The molecule has 0 amide bonds. The van der Waals surface area contributed by atoms with E-state index in [9.17, 15) is 0 Å². The number of hydrogen-bond donors (Lipinski definition) is 0. The van der Waals surface area contributed by atoms with Crippen LogP contribution in [0.1, 0.15) is 0 Å². The Hall–Kier alpha value is 0.0953. The van der Waals surface area contributed by atoms with Crippen LogP contribution in [0.3, 0.4) is 0 Å². The van der Waals surface area contributed by atoms with Crippen molar-refractivity contribution in [1.82, 2.24) is 0 Å². The van der Waals surface area contributed by atoms with Gasteiger partial charge in [0.15, 0.2) is 0 Å². The third-order valence-corrected chi connectivity index (χ3v) is 2.68. The van der Waals surface area contributed by atoms with Gasteiger partial charge in [0, 0.05) is 0 Å². The fourth-order valence-corrected chi connectivity index (χ4v) is 1.54. The fraction of sp³-hybridized carbons (Fsp3) is 0. The molecule has 12 heavy (non-hydrogen) atoms. The van der Waals surface area contributed by atoms with E-state index in [-0.39, 0.29) is 22.4 Å². The molecule has 0 aliphatic rings. The first-order valence-electron chi connectivity index (χ1n) is 2.81. The van der Waals surface area contributed by atoms with Gasteiger partial charge in [-0.25, -0.2) is 0 Å². The number of rotatable bonds is 0. The molecule has 0 fully saturated rings. The molecule has 1 aromatic carbocycles. The Bertz CT molecular complexity index is 215. The first kappa shape index (κ1) is 14.6. The first-order chi connectivity index (χ1) is 5.13. The quantitative estimate of drug-likeness (QED) is 0.333. The zero-order valence-electron chi connectivity index (χ0n) is 6.07. The molecule has 0 saturated carbocycles. The van der Waals surface area contributed by atoms with Gasteiger partial charge in [-0.2, -0.15) is 0 Å². The summed E-state index contributed by atoms with van der Waals surface area (Å²) in [5, 5.41) is 14.8. The van der Waals surface area contributed by atoms with Crippen LogP contribution in [0.4, 0.5) is 0 Å². The third kappa shape index (κ3) is 12.7. The van der Waals surface area contributed by atoms with E-state index in [2.05, 4.69) is 30.3 Å². The van der Waals surface area contributed by atoms with E-state index < -0.39 is 5.09 Å². The normalized spacial score (nSPS) is 7.17. The molecule has 0 aromatic heterocycles. The van der Waals surface area contributed by atoms with Crippen LogP contribution in [0.5, 0.6) is 0 Å². The molecule has 4 nitrogen and oxygen atoms in total. The molecule has 0 aliphatic carbocycles. The van der Waals surface area contributed by atoms with Crippen molar-refractivity contribution in [3.05, 3.63) is 45.7 Å². The standard InChI is InChI=1S/C6H5.Ag.Hg.NO3/c1-2-4-6-5-3-1;;;2-1(3)4/h1-5H;;;/q;+1;;-1. The van der Waals surface area contributed by atoms with Crippen molar-refractivity contribution in [2.75, 3.05) is 0 Å².